The molecule has 20 heavy (non-hydrogen) atoms. The molecule has 0 aliphatic carbocycles. The highest BCUT2D eigenvalue weighted by Gasteiger charge is 2.41. The minimum Gasteiger partial charge on any atom is -0.467 e. The molecule has 0 saturated carbocycles. The molecule has 2 unspecified atom stereocenters. The van der Waals surface area contributed by atoms with Gasteiger partial charge in [0.2, 0.25) is 0 Å². The van der Waals surface area contributed by atoms with E-state index >= 15 is 0 Å². The lowest BCUT2D eigenvalue weighted by Crippen LogP contribution is -2.51. The van der Waals surface area contributed by atoms with Crippen molar-refractivity contribution in [3.63, 3.8) is 0 Å². The van der Waals surface area contributed by atoms with Crippen molar-refractivity contribution in [1.29, 1.82) is 0 Å². The van der Waals surface area contributed by atoms with Gasteiger partial charge in [0.1, 0.15) is 5.76 Å². The quantitative estimate of drug-likeness (QED) is 0.878. The summed E-state index contributed by atoms with van der Waals surface area (Å²) in [5.41, 5.74) is -0.183. The van der Waals surface area contributed by atoms with E-state index in [1.54, 1.807) is 12.3 Å². The van der Waals surface area contributed by atoms with Crippen molar-refractivity contribution < 1.29 is 18.7 Å². The SMILES string of the molecule is O=C(NCc1ccco1)NC1CCOC2(CCOC2)C1. The number of hydrogen-bond acceptors (Lipinski definition) is 4. The molecule has 6 nitrogen and oxygen atoms in total. The first kappa shape index (κ1) is 13.5. The highest BCUT2D eigenvalue weighted by molar-refractivity contribution is 5.74. The molecule has 1 spiro atoms. The summed E-state index contributed by atoms with van der Waals surface area (Å²) in [7, 11) is 0. The molecule has 1 aromatic heterocycles. The first-order valence-electron chi connectivity index (χ1n) is 7.04. The molecule has 2 aliphatic rings. The van der Waals surface area contributed by atoms with Crippen LogP contribution in [-0.2, 0) is 16.0 Å². The van der Waals surface area contributed by atoms with Gasteiger partial charge in [0.25, 0.3) is 0 Å². The van der Waals surface area contributed by atoms with E-state index < -0.39 is 0 Å². The zero-order valence-corrected chi connectivity index (χ0v) is 11.4. The van der Waals surface area contributed by atoms with Crippen molar-refractivity contribution in [1.82, 2.24) is 10.6 Å². The summed E-state index contributed by atoms with van der Waals surface area (Å²) in [5, 5.41) is 5.80. The monoisotopic (exact) mass is 280 g/mol. The lowest BCUT2D eigenvalue weighted by Gasteiger charge is -2.37. The molecule has 0 aromatic carbocycles. The second kappa shape index (κ2) is 5.85. The van der Waals surface area contributed by atoms with Crippen LogP contribution in [0.1, 0.15) is 25.0 Å². The van der Waals surface area contributed by atoms with Gasteiger partial charge in [-0.3, -0.25) is 0 Å². The molecule has 0 radical (unpaired) electrons. The topological polar surface area (TPSA) is 72.7 Å². The van der Waals surface area contributed by atoms with Crippen LogP contribution in [0.4, 0.5) is 4.79 Å². The summed E-state index contributed by atoms with van der Waals surface area (Å²) in [4.78, 5) is 11.9. The van der Waals surface area contributed by atoms with Crippen molar-refractivity contribution in [3.8, 4) is 0 Å². The normalized spacial score (nSPS) is 29.5. The second-order valence-corrected chi connectivity index (χ2v) is 5.43. The molecule has 6 heteroatoms. The fraction of sp³-hybridized carbons (Fsp3) is 0.643. The van der Waals surface area contributed by atoms with Gasteiger partial charge in [-0.05, 0) is 25.0 Å². The van der Waals surface area contributed by atoms with Gasteiger partial charge in [0.05, 0.1) is 25.0 Å². The molecular weight excluding hydrogens is 260 g/mol. The van der Waals surface area contributed by atoms with Gasteiger partial charge in [-0.25, -0.2) is 4.79 Å². The molecule has 2 atom stereocenters. The summed E-state index contributed by atoms with van der Waals surface area (Å²) in [5.74, 6) is 0.743. The molecule has 3 rings (SSSR count). The Balaban J connectivity index is 1.46. The van der Waals surface area contributed by atoms with E-state index in [0.717, 1.165) is 31.6 Å². The standard InChI is InChI=1S/C14H20N2O4/c17-13(15-9-12-2-1-5-19-12)16-11-3-6-20-14(8-11)4-7-18-10-14/h1-2,5,11H,3-4,6-10H2,(H2,15,16,17). The Bertz CT molecular complexity index is 440. The van der Waals surface area contributed by atoms with E-state index in [4.69, 9.17) is 13.9 Å². The van der Waals surface area contributed by atoms with Crippen molar-refractivity contribution in [3.05, 3.63) is 24.2 Å². The van der Waals surface area contributed by atoms with Gasteiger partial charge in [-0.15, -0.1) is 0 Å². The summed E-state index contributed by atoms with van der Waals surface area (Å²) in [6.45, 7) is 2.46. The van der Waals surface area contributed by atoms with Gasteiger partial charge < -0.3 is 24.5 Å². The fourth-order valence-electron chi connectivity index (χ4n) is 2.83. The van der Waals surface area contributed by atoms with Crippen LogP contribution >= 0.6 is 0 Å². The largest absolute Gasteiger partial charge is 0.467 e. The number of furan rings is 1. The Morgan fingerprint density at radius 1 is 1.45 bits per heavy atom. The number of ether oxygens (including phenoxy) is 2. The molecule has 2 amide bonds. The first-order chi connectivity index (χ1) is 9.76. The number of urea groups is 1. The van der Waals surface area contributed by atoms with Gasteiger partial charge in [0, 0.05) is 25.7 Å². The Labute approximate surface area is 117 Å². The van der Waals surface area contributed by atoms with Crippen LogP contribution in [0.15, 0.2) is 22.8 Å². The molecule has 2 fully saturated rings. The second-order valence-electron chi connectivity index (χ2n) is 5.43. The first-order valence-corrected chi connectivity index (χ1v) is 7.04. The summed E-state index contributed by atoms with van der Waals surface area (Å²) >= 11 is 0. The van der Waals surface area contributed by atoms with E-state index in [-0.39, 0.29) is 17.7 Å². The van der Waals surface area contributed by atoms with Gasteiger partial charge >= 0.3 is 6.03 Å². The van der Waals surface area contributed by atoms with E-state index in [0.29, 0.717) is 19.8 Å². The molecule has 110 valence electrons. The van der Waals surface area contributed by atoms with E-state index in [1.807, 2.05) is 6.07 Å². The van der Waals surface area contributed by atoms with Crippen molar-refractivity contribution in [2.45, 2.75) is 37.5 Å². The van der Waals surface area contributed by atoms with Crippen LogP contribution in [0.3, 0.4) is 0 Å². The average molecular weight is 280 g/mol. The minimum atomic E-state index is -0.183. The van der Waals surface area contributed by atoms with Gasteiger partial charge in [0.15, 0.2) is 0 Å². The van der Waals surface area contributed by atoms with Crippen LogP contribution < -0.4 is 10.6 Å². The van der Waals surface area contributed by atoms with Crippen LogP contribution in [0.5, 0.6) is 0 Å². The molecule has 2 aliphatic heterocycles. The molecular formula is C14H20N2O4. The summed E-state index contributed by atoms with van der Waals surface area (Å²) in [6, 6.07) is 3.61. The lowest BCUT2D eigenvalue weighted by atomic mass is 9.90. The molecule has 0 bridgehead atoms. The lowest BCUT2D eigenvalue weighted by molar-refractivity contribution is -0.0878. The maximum atomic E-state index is 11.9. The van der Waals surface area contributed by atoms with Crippen LogP contribution in [0.2, 0.25) is 0 Å². The number of nitrogens with one attached hydrogen (secondary N) is 2. The predicted molar refractivity (Wildman–Crippen MR) is 71.2 cm³/mol. The third-order valence-electron chi connectivity index (χ3n) is 3.90. The zero-order chi connectivity index (χ0) is 13.8. The van der Waals surface area contributed by atoms with Crippen molar-refractivity contribution >= 4 is 6.03 Å². The van der Waals surface area contributed by atoms with Gasteiger partial charge in [-0.1, -0.05) is 0 Å². The van der Waals surface area contributed by atoms with E-state index in [2.05, 4.69) is 10.6 Å². The van der Waals surface area contributed by atoms with Crippen LogP contribution in [0.25, 0.3) is 0 Å². The highest BCUT2D eigenvalue weighted by Crippen LogP contribution is 2.32. The number of carbonyl (C=O) groups is 1. The zero-order valence-electron chi connectivity index (χ0n) is 11.4. The maximum absolute atomic E-state index is 11.9. The minimum absolute atomic E-state index is 0.141. The Morgan fingerprint density at radius 3 is 3.15 bits per heavy atom. The average Bonchev–Trinajstić information content (AvgIpc) is 3.09. The molecule has 2 saturated heterocycles. The Kier molecular flexibility index (Phi) is 3.93. The van der Waals surface area contributed by atoms with Crippen molar-refractivity contribution in [2.75, 3.05) is 19.8 Å². The molecule has 1 aromatic rings. The Morgan fingerprint density at radius 2 is 2.40 bits per heavy atom. The van der Waals surface area contributed by atoms with Crippen LogP contribution in [-0.4, -0.2) is 37.5 Å². The van der Waals surface area contributed by atoms with Crippen LogP contribution in [0, 0.1) is 0 Å². The number of rotatable bonds is 3. The summed E-state index contributed by atoms with van der Waals surface area (Å²) in [6.07, 6.45) is 4.17. The van der Waals surface area contributed by atoms with E-state index in [1.165, 1.54) is 0 Å². The number of carbonyl (C=O) groups excluding carboxylic acids is 1. The van der Waals surface area contributed by atoms with Gasteiger partial charge in [-0.2, -0.15) is 0 Å². The number of hydrogen-bond donors (Lipinski definition) is 2. The molecule has 3 heterocycles. The third kappa shape index (κ3) is 3.13. The highest BCUT2D eigenvalue weighted by atomic mass is 16.6. The maximum Gasteiger partial charge on any atom is 0.315 e. The molecule has 2 N–H and O–H groups in total. The fourth-order valence-corrected chi connectivity index (χ4v) is 2.83. The van der Waals surface area contributed by atoms with Crippen molar-refractivity contribution in [2.24, 2.45) is 0 Å². The van der Waals surface area contributed by atoms with E-state index in [9.17, 15) is 4.79 Å². The smallest absolute Gasteiger partial charge is 0.315 e. The Hall–Kier alpha value is -1.53. The number of amides is 2. The predicted octanol–water partition coefficient (Wildman–Crippen LogP) is 1.42. The third-order valence-corrected chi connectivity index (χ3v) is 3.90. The summed E-state index contributed by atoms with van der Waals surface area (Å²) < 4.78 is 16.4.